The van der Waals surface area contributed by atoms with Gasteiger partial charge in [-0.05, 0) is 78.9 Å². The molecular weight excluding hydrogens is 418 g/mol. The summed E-state index contributed by atoms with van der Waals surface area (Å²) in [4.78, 5) is 13.8. The van der Waals surface area contributed by atoms with Gasteiger partial charge in [-0.2, -0.15) is 0 Å². The molecule has 188 valence electrons. The summed E-state index contributed by atoms with van der Waals surface area (Å²) in [5.41, 5.74) is 6.43. The number of nitrogens with zero attached hydrogens (tertiary/aromatic N) is 1. The van der Waals surface area contributed by atoms with Crippen LogP contribution in [0.2, 0.25) is 0 Å². The van der Waals surface area contributed by atoms with Crippen LogP contribution in [0.5, 0.6) is 5.75 Å². The van der Waals surface area contributed by atoms with Crippen molar-refractivity contribution in [3.05, 3.63) is 52.6 Å². The second-order valence-corrected chi connectivity index (χ2v) is 10.4. The van der Waals surface area contributed by atoms with Crippen LogP contribution in [-0.4, -0.2) is 26.5 Å². The van der Waals surface area contributed by atoms with Gasteiger partial charge >= 0.3 is 0 Å². The molecule has 3 heteroatoms. The third-order valence-corrected chi connectivity index (χ3v) is 6.77. The number of ether oxygens (including phenoxy) is 1. The van der Waals surface area contributed by atoms with E-state index in [4.69, 9.17) is 4.74 Å². The first-order chi connectivity index (χ1) is 16.4. The van der Waals surface area contributed by atoms with E-state index < -0.39 is 0 Å². The van der Waals surface area contributed by atoms with Gasteiger partial charge < -0.3 is 9.64 Å². The molecule has 0 aromatic heterocycles. The van der Waals surface area contributed by atoms with E-state index >= 15 is 0 Å². The Kier molecular flexibility index (Phi) is 11.7. The van der Waals surface area contributed by atoms with E-state index in [0.717, 1.165) is 62.8 Å². The van der Waals surface area contributed by atoms with Crippen molar-refractivity contribution in [2.45, 2.75) is 92.4 Å². The van der Waals surface area contributed by atoms with Gasteiger partial charge in [0, 0.05) is 30.4 Å². The van der Waals surface area contributed by atoms with Gasteiger partial charge in [0.1, 0.15) is 12.0 Å². The smallest absolute Gasteiger partial charge is 0.143 e. The molecule has 0 saturated carbocycles. The Balaban J connectivity index is 2.40. The Bertz CT molecular complexity index is 867. The monoisotopic (exact) mass is 465 g/mol. The highest BCUT2D eigenvalue weighted by Gasteiger charge is 2.29. The zero-order valence-electron chi connectivity index (χ0n) is 22.6. The summed E-state index contributed by atoms with van der Waals surface area (Å²) in [7, 11) is 1.76. The molecule has 2 rings (SSSR count). The number of carbonyl (C=O) groups is 1. The maximum absolute atomic E-state index is 11.4. The highest BCUT2D eigenvalue weighted by molar-refractivity contribution is 5.70. The number of anilines is 1. The van der Waals surface area contributed by atoms with Gasteiger partial charge in [0.05, 0.1) is 7.11 Å². The van der Waals surface area contributed by atoms with Crippen molar-refractivity contribution in [2.24, 2.45) is 5.41 Å². The second kappa shape index (κ2) is 14.2. The van der Waals surface area contributed by atoms with E-state index in [1.54, 1.807) is 13.2 Å². The highest BCUT2D eigenvalue weighted by Crippen LogP contribution is 2.44. The van der Waals surface area contributed by atoms with Crippen molar-refractivity contribution in [2.75, 3.05) is 25.1 Å². The molecular formula is C31H47NO2. The summed E-state index contributed by atoms with van der Waals surface area (Å²) in [6, 6.07) is 6.63. The summed E-state index contributed by atoms with van der Waals surface area (Å²) in [6.45, 7) is 13.5. The number of hydrogen-bond donors (Lipinski definition) is 0. The lowest BCUT2D eigenvalue weighted by atomic mass is 9.70. The first-order valence-electron chi connectivity index (χ1n) is 13.4. The van der Waals surface area contributed by atoms with Crippen molar-refractivity contribution >= 4 is 18.0 Å². The standard InChI is InChI=1S/C31H47NO2/c1-7-10-13-29-26(23-31(4,5)24-27(29)18-21-33)15-14-25-16-17-28(22-30(25)34-6)32(19-11-8-2)20-12-9-3/h14-18,21-22H,7-13,19-20,23-24H2,1-6H3/b15-14+,27-18+. The van der Waals surface area contributed by atoms with Crippen LogP contribution in [0.15, 0.2) is 47.1 Å². The molecule has 0 bridgehead atoms. The van der Waals surface area contributed by atoms with Gasteiger partial charge in [-0.25, -0.2) is 0 Å². The molecule has 1 aliphatic rings. The van der Waals surface area contributed by atoms with Crippen molar-refractivity contribution < 1.29 is 9.53 Å². The van der Waals surface area contributed by atoms with Gasteiger partial charge in [-0.3, -0.25) is 4.79 Å². The summed E-state index contributed by atoms with van der Waals surface area (Å²) in [5.74, 6) is 0.918. The minimum Gasteiger partial charge on any atom is -0.496 e. The van der Waals surface area contributed by atoms with E-state index in [1.807, 2.05) is 0 Å². The van der Waals surface area contributed by atoms with Crippen LogP contribution >= 0.6 is 0 Å². The lowest BCUT2D eigenvalue weighted by Crippen LogP contribution is -2.25. The molecule has 0 N–H and O–H groups in total. The lowest BCUT2D eigenvalue weighted by Gasteiger charge is -2.34. The molecule has 3 nitrogen and oxygen atoms in total. The molecule has 0 heterocycles. The van der Waals surface area contributed by atoms with Crippen molar-refractivity contribution in [1.82, 2.24) is 0 Å². The Labute approximate surface area is 209 Å². The third-order valence-electron chi connectivity index (χ3n) is 6.77. The van der Waals surface area contributed by atoms with Gasteiger partial charge in [0.25, 0.3) is 0 Å². The highest BCUT2D eigenvalue weighted by atomic mass is 16.5. The predicted octanol–water partition coefficient (Wildman–Crippen LogP) is 8.55. The van der Waals surface area contributed by atoms with Crippen LogP contribution in [0.4, 0.5) is 5.69 Å². The minimum atomic E-state index is 0.150. The number of carbonyl (C=O) groups excluding carboxylic acids is 1. The number of aldehydes is 1. The van der Waals surface area contributed by atoms with Gasteiger partial charge in [-0.15, -0.1) is 0 Å². The van der Waals surface area contributed by atoms with Gasteiger partial charge in [0.15, 0.2) is 0 Å². The zero-order valence-corrected chi connectivity index (χ0v) is 22.6. The predicted molar refractivity (Wildman–Crippen MR) is 148 cm³/mol. The van der Waals surface area contributed by atoms with Crippen LogP contribution in [0.25, 0.3) is 6.08 Å². The molecule has 0 unspecified atom stereocenters. The van der Waals surface area contributed by atoms with E-state index in [9.17, 15) is 4.79 Å². The average molecular weight is 466 g/mol. The molecule has 0 spiro atoms. The number of unbranched alkanes of at least 4 members (excludes halogenated alkanes) is 3. The van der Waals surface area contributed by atoms with E-state index in [2.05, 4.69) is 69.9 Å². The lowest BCUT2D eigenvalue weighted by molar-refractivity contribution is -0.104. The Morgan fingerprint density at radius 2 is 1.65 bits per heavy atom. The summed E-state index contributed by atoms with van der Waals surface area (Å²) >= 11 is 0. The molecule has 0 amide bonds. The maximum atomic E-state index is 11.4. The SMILES string of the molecule is CCCCC1=C(/C=C/c2ccc(N(CCCC)CCCC)cc2OC)CC(C)(C)C/C1=C\C=O. The molecule has 34 heavy (non-hydrogen) atoms. The number of rotatable bonds is 14. The fraction of sp³-hybridized carbons (Fsp3) is 0.581. The normalized spacial score (nSPS) is 16.9. The second-order valence-electron chi connectivity index (χ2n) is 10.4. The number of hydrogen-bond acceptors (Lipinski definition) is 3. The maximum Gasteiger partial charge on any atom is 0.143 e. The molecule has 1 aliphatic carbocycles. The third kappa shape index (κ3) is 8.18. The first kappa shape index (κ1) is 28.0. The molecule has 0 radical (unpaired) electrons. The summed E-state index contributed by atoms with van der Waals surface area (Å²) in [5, 5.41) is 0. The number of methoxy groups -OCH3 is 1. The van der Waals surface area contributed by atoms with Crippen LogP contribution in [-0.2, 0) is 4.79 Å². The fourth-order valence-electron chi connectivity index (χ4n) is 4.88. The van der Waals surface area contributed by atoms with Gasteiger partial charge in [0.2, 0.25) is 0 Å². The van der Waals surface area contributed by atoms with Gasteiger partial charge in [-0.1, -0.05) is 66.0 Å². The number of benzene rings is 1. The molecule has 0 atom stereocenters. The van der Waals surface area contributed by atoms with E-state index in [0.29, 0.717) is 0 Å². The summed E-state index contributed by atoms with van der Waals surface area (Å²) < 4.78 is 5.83. The molecule has 1 aromatic carbocycles. The van der Waals surface area contributed by atoms with Crippen LogP contribution < -0.4 is 9.64 Å². The van der Waals surface area contributed by atoms with Crippen LogP contribution in [0.1, 0.15) is 98.0 Å². The molecule has 0 saturated heterocycles. The minimum absolute atomic E-state index is 0.150. The molecule has 0 aliphatic heterocycles. The largest absolute Gasteiger partial charge is 0.496 e. The fourth-order valence-corrected chi connectivity index (χ4v) is 4.88. The van der Waals surface area contributed by atoms with E-state index in [1.165, 1.54) is 48.1 Å². The molecule has 0 fully saturated rings. The quantitative estimate of drug-likeness (QED) is 0.204. The Morgan fingerprint density at radius 1 is 0.971 bits per heavy atom. The summed E-state index contributed by atoms with van der Waals surface area (Å²) in [6.07, 6.45) is 17.3. The van der Waals surface area contributed by atoms with Crippen molar-refractivity contribution in [1.29, 1.82) is 0 Å². The zero-order chi connectivity index (χ0) is 25.0. The topological polar surface area (TPSA) is 29.5 Å². The average Bonchev–Trinajstić information content (AvgIpc) is 2.82. The Hall–Kier alpha value is -2.29. The van der Waals surface area contributed by atoms with E-state index in [-0.39, 0.29) is 5.41 Å². The van der Waals surface area contributed by atoms with Crippen LogP contribution in [0.3, 0.4) is 0 Å². The molecule has 1 aromatic rings. The number of allylic oxidation sites excluding steroid dienone is 5. The van der Waals surface area contributed by atoms with Crippen molar-refractivity contribution in [3.8, 4) is 5.75 Å². The van der Waals surface area contributed by atoms with Crippen LogP contribution in [0, 0.1) is 5.41 Å². The first-order valence-corrected chi connectivity index (χ1v) is 13.4. The Morgan fingerprint density at radius 3 is 2.24 bits per heavy atom. The van der Waals surface area contributed by atoms with Crippen molar-refractivity contribution in [3.63, 3.8) is 0 Å².